The number of hydrogen-bond acceptors (Lipinski definition) is 2. The molecule has 88 valence electrons. The Labute approximate surface area is 111 Å². The summed E-state index contributed by atoms with van der Waals surface area (Å²) in [5.74, 6) is 0. The first kappa shape index (κ1) is 14.9. The van der Waals surface area contributed by atoms with Crippen LogP contribution in [0.2, 0.25) is 0 Å². The van der Waals surface area contributed by atoms with Gasteiger partial charge in [0.2, 0.25) is 0 Å². The van der Waals surface area contributed by atoms with E-state index in [0.717, 1.165) is 12.8 Å². The smallest absolute Gasteiger partial charge is 0.0171 e. The highest BCUT2D eigenvalue weighted by Gasteiger charge is 2.09. The van der Waals surface area contributed by atoms with E-state index in [1.807, 2.05) is 0 Å². The van der Waals surface area contributed by atoms with Gasteiger partial charge in [0.15, 0.2) is 0 Å². The van der Waals surface area contributed by atoms with Gasteiger partial charge in [-0.05, 0) is 51.2 Å². The summed E-state index contributed by atoms with van der Waals surface area (Å²) in [6.07, 6.45) is 12.4. The molecule has 1 saturated heterocycles. The average Bonchev–Trinajstić information content (AvgIpc) is 2.20. The largest absolute Gasteiger partial charge is 0.378 e. The van der Waals surface area contributed by atoms with E-state index < -0.39 is 0 Å². The van der Waals surface area contributed by atoms with Crippen molar-refractivity contribution in [3.63, 3.8) is 0 Å². The van der Waals surface area contributed by atoms with Gasteiger partial charge in [-0.1, -0.05) is 6.08 Å². The predicted molar refractivity (Wildman–Crippen MR) is 77.2 cm³/mol. The fourth-order valence-corrected chi connectivity index (χ4v) is 1.91. The van der Waals surface area contributed by atoms with Crippen LogP contribution in [-0.4, -0.2) is 24.7 Å². The van der Waals surface area contributed by atoms with Gasteiger partial charge < -0.3 is 10.3 Å². The summed E-state index contributed by atoms with van der Waals surface area (Å²) in [7, 11) is 2.20. The molecule has 15 heavy (non-hydrogen) atoms. The Hall–Kier alpha value is -0.0600. The van der Waals surface area contributed by atoms with Crippen LogP contribution in [0.15, 0.2) is 11.8 Å². The van der Waals surface area contributed by atoms with Crippen molar-refractivity contribution >= 4 is 30.2 Å². The van der Waals surface area contributed by atoms with Gasteiger partial charge in [0.25, 0.3) is 0 Å². The van der Waals surface area contributed by atoms with Crippen LogP contribution in [0.1, 0.15) is 44.9 Å². The SMILES string of the molecule is CN1CCCC/C1=C\CCCCC=N.I. The van der Waals surface area contributed by atoms with Gasteiger partial charge in [-0.15, -0.1) is 24.0 Å². The Bertz CT molecular complexity index is 202. The van der Waals surface area contributed by atoms with Crippen LogP contribution in [0.4, 0.5) is 0 Å². The lowest BCUT2D eigenvalue weighted by Gasteiger charge is -2.27. The van der Waals surface area contributed by atoms with Crippen LogP contribution in [0.3, 0.4) is 0 Å². The number of nitrogens with zero attached hydrogens (tertiary/aromatic N) is 1. The monoisotopic (exact) mass is 322 g/mol. The molecule has 1 aliphatic heterocycles. The van der Waals surface area contributed by atoms with Gasteiger partial charge in [-0.3, -0.25) is 0 Å². The summed E-state index contributed by atoms with van der Waals surface area (Å²) in [6.45, 7) is 1.23. The Morgan fingerprint density at radius 3 is 2.67 bits per heavy atom. The van der Waals surface area contributed by atoms with Gasteiger partial charge in [0.05, 0.1) is 0 Å². The molecule has 1 N–H and O–H groups in total. The summed E-state index contributed by atoms with van der Waals surface area (Å²) in [4.78, 5) is 2.39. The van der Waals surface area contributed by atoms with Crippen molar-refractivity contribution < 1.29 is 0 Å². The maximum atomic E-state index is 6.92. The molecule has 0 spiro atoms. The molecular formula is C12H23IN2. The lowest BCUT2D eigenvalue weighted by Crippen LogP contribution is -2.23. The summed E-state index contributed by atoms with van der Waals surface area (Å²) < 4.78 is 0. The summed E-state index contributed by atoms with van der Waals surface area (Å²) >= 11 is 0. The lowest BCUT2D eigenvalue weighted by molar-refractivity contribution is 0.343. The predicted octanol–water partition coefficient (Wildman–Crippen LogP) is 3.81. The van der Waals surface area contributed by atoms with E-state index in [4.69, 9.17) is 5.41 Å². The maximum Gasteiger partial charge on any atom is 0.0171 e. The highest BCUT2D eigenvalue weighted by Crippen LogP contribution is 2.19. The summed E-state index contributed by atoms with van der Waals surface area (Å²) in [5.41, 5.74) is 1.53. The van der Waals surface area contributed by atoms with Gasteiger partial charge in [-0.2, -0.15) is 0 Å². The van der Waals surface area contributed by atoms with E-state index in [1.54, 1.807) is 0 Å². The topological polar surface area (TPSA) is 27.1 Å². The molecule has 0 aromatic heterocycles. The Kier molecular flexibility index (Phi) is 9.15. The first-order chi connectivity index (χ1) is 6.84. The maximum absolute atomic E-state index is 6.92. The third-order valence-corrected chi connectivity index (χ3v) is 2.85. The van der Waals surface area contributed by atoms with Crippen LogP contribution in [0.25, 0.3) is 0 Å². The molecule has 0 bridgehead atoms. The van der Waals surface area contributed by atoms with Crippen molar-refractivity contribution in [3.05, 3.63) is 11.8 Å². The minimum Gasteiger partial charge on any atom is -0.378 e. The van der Waals surface area contributed by atoms with Crippen LogP contribution in [0.5, 0.6) is 0 Å². The van der Waals surface area contributed by atoms with Gasteiger partial charge in [-0.25, -0.2) is 0 Å². The van der Waals surface area contributed by atoms with Crippen molar-refractivity contribution in [1.29, 1.82) is 5.41 Å². The molecule has 0 aromatic rings. The van der Waals surface area contributed by atoms with E-state index in [9.17, 15) is 0 Å². The second-order valence-corrected chi connectivity index (χ2v) is 4.06. The van der Waals surface area contributed by atoms with E-state index in [-0.39, 0.29) is 24.0 Å². The highest BCUT2D eigenvalue weighted by atomic mass is 127. The molecule has 3 heteroatoms. The average molecular weight is 322 g/mol. The highest BCUT2D eigenvalue weighted by molar-refractivity contribution is 14.0. The standard InChI is InChI=1S/C12H22N2.HI/c1-14-11-7-5-9-12(14)8-4-2-3-6-10-13;/h8,10,13H,2-7,9,11H2,1H3;1H/b12-8+,13-10?;. The van der Waals surface area contributed by atoms with Gasteiger partial charge in [0.1, 0.15) is 0 Å². The van der Waals surface area contributed by atoms with Crippen molar-refractivity contribution in [3.8, 4) is 0 Å². The van der Waals surface area contributed by atoms with Gasteiger partial charge in [0, 0.05) is 19.3 Å². The normalized spacial score (nSPS) is 18.7. The number of rotatable bonds is 5. The number of nitrogens with one attached hydrogen (secondary N) is 1. The van der Waals surface area contributed by atoms with Crippen molar-refractivity contribution in [2.24, 2.45) is 0 Å². The van der Waals surface area contributed by atoms with Crippen molar-refractivity contribution in [2.75, 3.05) is 13.6 Å². The molecule has 1 aliphatic rings. The minimum atomic E-state index is 0. The Morgan fingerprint density at radius 2 is 2.00 bits per heavy atom. The molecule has 2 nitrogen and oxygen atoms in total. The van der Waals surface area contributed by atoms with Crippen molar-refractivity contribution in [2.45, 2.75) is 44.9 Å². The summed E-state index contributed by atoms with van der Waals surface area (Å²) in [5, 5.41) is 6.92. The quantitative estimate of drug-likeness (QED) is 0.465. The molecule has 0 atom stereocenters. The van der Waals surface area contributed by atoms with Gasteiger partial charge >= 0.3 is 0 Å². The van der Waals surface area contributed by atoms with E-state index in [1.165, 1.54) is 50.6 Å². The number of hydrogen-bond donors (Lipinski definition) is 1. The zero-order chi connectivity index (χ0) is 10.2. The van der Waals surface area contributed by atoms with Crippen LogP contribution >= 0.6 is 24.0 Å². The fourth-order valence-electron chi connectivity index (χ4n) is 1.91. The fraction of sp³-hybridized carbons (Fsp3) is 0.750. The first-order valence-corrected chi connectivity index (χ1v) is 5.73. The third kappa shape index (κ3) is 6.17. The molecule has 0 saturated carbocycles. The molecule has 0 radical (unpaired) electrons. The zero-order valence-electron chi connectivity index (χ0n) is 9.67. The molecule has 0 unspecified atom stereocenters. The number of likely N-dealkylation sites (tertiary alicyclic amines) is 1. The molecule has 0 amide bonds. The number of unbranched alkanes of at least 4 members (excludes halogenated alkanes) is 3. The lowest BCUT2D eigenvalue weighted by atomic mass is 10.1. The second kappa shape index (κ2) is 9.19. The molecule has 1 rings (SSSR count). The van der Waals surface area contributed by atoms with E-state index >= 15 is 0 Å². The second-order valence-electron chi connectivity index (χ2n) is 4.06. The number of halogens is 1. The molecule has 0 aliphatic carbocycles. The molecule has 1 heterocycles. The van der Waals surface area contributed by atoms with E-state index in [2.05, 4.69) is 18.0 Å². The van der Waals surface area contributed by atoms with Crippen LogP contribution in [0, 0.1) is 5.41 Å². The number of piperidine rings is 1. The third-order valence-electron chi connectivity index (χ3n) is 2.85. The summed E-state index contributed by atoms with van der Waals surface area (Å²) in [6, 6.07) is 0. The van der Waals surface area contributed by atoms with Crippen molar-refractivity contribution in [1.82, 2.24) is 4.90 Å². The van der Waals surface area contributed by atoms with E-state index in [0.29, 0.717) is 0 Å². The zero-order valence-corrected chi connectivity index (χ0v) is 12.0. The first-order valence-electron chi connectivity index (χ1n) is 5.73. The Balaban J connectivity index is 0.00000196. The molecule has 1 fully saturated rings. The van der Waals surface area contributed by atoms with Crippen LogP contribution < -0.4 is 0 Å². The Morgan fingerprint density at radius 1 is 1.27 bits per heavy atom. The number of allylic oxidation sites excluding steroid dienone is 2. The van der Waals surface area contributed by atoms with Crippen LogP contribution in [-0.2, 0) is 0 Å². The minimum absolute atomic E-state index is 0. The molecular weight excluding hydrogens is 299 g/mol. The molecule has 0 aromatic carbocycles.